The molecule has 1 aromatic carbocycles. The molecule has 106 valence electrons. The largest absolute Gasteiger partial charge is 0.478 e. The van der Waals surface area contributed by atoms with Crippen molar-refractivity contribution in [3.63, 3.8) is 0 Å². The van der Waals surface area contributed by atoms with E-state index in [0.29, 0.717) is 17.2 Å². The number of nitrogens with two attached hydrogens (primary N) is 2. The summed E-state index contributed by atoms with van der Waals surface area (Å²) < 4.78 is 1.53. The summed E-state index contributed by atoms with van der Waals surface area (Å²) in [4.78, 5) is 10.8. The number of anilines is 2. The van der Waals surface area contributed by atoms with Gasteiger partial charge >= 0.3 is 5.97 Å². The lowest BCUT2D eigenvalue weighted by atomic mass is 9.91. The second kappa shape index (κ2) is 4.56. The summed E-state index contributed by atoms with van der Waals surface area (Å²) in [5.74, 6) is -0.613. The van der Waals surface area contributed by atoms with Gasteiger partial charge < -0.3 is 16.6 Å². The Morgan fingerprint density at radius 2 is 1.75 bits per heavy atom. The van der Waals surface area contributed by atoms with Crippen molar-refractivity contribution in [2.75, 3.05) is 11.5 Å². The number of hydrogen-bond donors (Lipinski definition) is 3. The highest BCUT2D eigenvalue weighted by molar-refractivity contribution is 5.87. The molecule has 6 nitrogen and oxygen atoms in total. The molecule has 6 heteroatoms. The van der Waals surface area contributed by atoms with Crippen LogP contribution in [0.1, 0.15) is 36.8 Å². The molecule has 5 N–H and O–H groups in total. The van der Waals surface area contributed by atoms with Crippen molar-refractivity contribution in [1.29, 1.82) is 0 Å². The molecule has 0 saturated carbocycles. The highest BCUT2D eigenvalue weighted by Gasteiger charge is 2.24. The molecule has 0 amide bonds. The summed E-state index contributed by atoms with van der Waals surface area (Å²) in [6.07, 6.45) is 0. The molecule has 1 heterocycles. The van der Waals surface area contributed by atoms with Crippen molar-refractivity contribution in [2.24, 2.45) is 0 Å². The molecule has 0 atom stereocenters. The van der Waals surface area contributed by atoms with Gasteiger partial charge in [0.1, 0.15) is 0 Å². The first-order chi connectivity index (χ1) is 9.21. The van der Waals surface area contributed by atoms with Gasteiger partial charge in [0.25, 0.3) is 0 Å². The molecule has 0 aliphatic heterocycles. The van der Waals surface area contributed by atoms with E-state index in [9.17, 15) is 4.79 Å². The molecule has 2 aromatic rings. The van der Waals surface area contributed by atoms with Crippen LogP contribution in [-0.2, 0) is 5.41 Å². The highest BCUT2D eigenvalue weighted by atomic mass is 16.4. The summed E-state index contributed by atoms with van der Waals surface area (Å²) in [5, 5.41) is 13.3. The zero-order valence-electron chi connectivity index (χ0n) is 11.7. The van der Waals surface area contributed by atoms with Crippen LogP contribution in [0.3, 0.4) is 0 Å². The van der Waals surface area contributed by atoms with Gasteiger partial charge in [0.2, 0.25) is 0 Å². The van der Waals surface area contributed by atoms with Gasteiger partial charge in [0, 0.05) is 5.41 Å². The maximum Gasteiger partial charge on any atom is 0.335 e. The van der Waals surface area contributed by atoms with Crippen molar-refractivity contribution >= 4 is 17.5 Å². The molecule has 20 heavy (non-hydrogen) atoms. The molecule has 1 aromatic heterocycles. The van der Waals surface area contributed by atoms with E-state index >= 15 is 0 Å². The molecule has 0 aliphatic rings. The molecule has 0 unspecified atom stereocenters. The van der Waals surface area contributed by atoms with Crippen molar-refractivity contribution in [1.82, 2.24) is 9.78 Å². The fraction of sp³-hybridized carbons (Fsp3) is 0.286. The van der Waals surface area contributed by atoms with Gasteiger partial charge in [-0.15, -0.1) is 0 Å². The lowest BCUT2D eigenvalue weighted by molar-refractivity contribution is 0.0697. The van der Waals surface area contributed by atoms with Gasteiger partial charge in [-0.05, 0) is 24.3 Å². The minimum atomic E-state index is -0.972. The third kappa shape index (κ3) is 2.32. The number of carboxylic acid groups (broad SMARTS) is 1. The van der Waals surface area contributed by atoms with Crippen LogP contribution in [0, 0.1) is 0 Å². The summed E-state index contributed by atoms with van der Waals surface area (Å²) in [6, 6.07) is 6.31. The Labute approximate surface area is 117 Å². The Kier molecular flexibility index (Phi) is 3.17. The van der Waals surface area contributed by atoms with E-state index in [-0.39, 0.29) is 11.0 Å². The maximum absolute atomic E-state index is 10.8. The van der Waals surface area contributed by atoms with Crippen molar-refractivity contribution in [3.05, 3.63) is 35.5 Å². The van der Waals surface area contributed by atoms with Gasteiger partial charge in [0.05, 0.1) is 22.6 Å². The Morgan fingerprint density at radius 1 is 1.20 bits per heavy atom. The molecule has 0 radical (unpaired) electrons. The lowest BCUT2D eigenvalue weighted by Gasteiger charge is -2.15. The number of nitrogens with zero attached hydrogens (tertiary/aromatic N) is 2. The van der Waals surface area contributed by atoms with E-state index < -0.39 is 5.97 Å². The molecular formula is C14H18N4O2. The normalized spacial score (nSPS) is 11.6. The van der Waals surface area contributed by atoms with E-state index in [1.54, 1.807) is 12.1 Å². The number of benzene rings is 1. The molecule has 2 rings (SSSR count). The fourth-order valence-corrected chi connectivity index (χ4v) is 1.94. The first-order valence-electron chi connectivity index (χ1n) is 6.20. The quantitative estimate of drug-likeness (QED) is 0.776. The average molecular weight is 274 g/mol. The van der Waals surface area contributed by atoms with Gasteiger partial charge in [-0.25, -0.2) is 9.48 Å². The molecular weight excluding hydrogens is 256 g/mol. The number of rotatable bonds is 2. The SMILES string of the molecule is CC(C)(C)c1nn(-c2ccc(C(=O)O)cc2)c(N)c1N. The average Bonchev–Trinajstić information content (AvgIpc) is 2.66. The number of hydrogen-bond acceptors (Lipinski definition) is 4. The predicted molar refractivity (Wildman–Crippen MR) is 78.0 cm³/mol. The number of aromatic carboxylic acids is 1. The molecule has 0 spiro atoms. The molecule has 0 bridgehead atoms. The van der Waals surface area contributed by atoms with Crippen LogP contribution in [0.4, 0.5) is 11.5 Å². The Balaban J connectivity index is 2.51. The van der Waals surface area contributed by atoms with Gasteiger partial charge in [-0.3, -0.25) is 0 Å². The van der Waals surface area contributed by atoms with Crippen LogP contribution in [0.25, 0.3) is 5.69 Å². The summed E-state index contributed by atoms with van der Waals surface area (Å²) in [7, 11) is 0. The standard InChI is InChI=1S/C14H18N4O2/c1-14(2,3)11-10(15)12(16)18(17-11)9-6-4-8(5-7-9)13(19)20/h4-7H,15-16H2,1-3H3,(H,19,20). The molecule has 0 aliphatic carbocycles. The van der Waals surface area contributed by atoms with Crippen LogP contribution >= 0.6 is 0 Å². The van der Waals surface area contributed by atoms with Crippen LogP contribution in [0.5, 0.6) is 0 Å². The minimum Gasteiger partial charge on any atom is -0.478 e. The van der Waals surface area contributed by atoms with Crippen LogP contribution in [-0.4, -0.2) is 20.9 Å². The van der Waals surface area contributed by atoms with E-state index in [4.69, 9.17) is 16.6 Å². The first-order valence-corrected chi connectivity index (χ1v) is 6.20. The third-order valence-electron chi connectivity index (χ3n) is 3.03. The van der Waals surface area contributed by atoms with Crippen LogP contribution < -0.4 is 11.5 Å². The van der Waals surface area contributed by atoms with Crippen molar-refractivity contribution < 1.29 is 9.90 Å². The maximum atomic E-state index is 10.8. The third-order valence-corrected chi connectivity index (χ3v) is 3.03. The summed E-state index contributed by atoms with van der Waals surface area (Å²) >= 11 is 0. The Morgan fingerprint density at radius 3 is 2.15 bits per heavy atom. The zero-order chi connectivity index (χ0) is 15.1. The molecule has 0 fully saturated rings. The van der Waals surface area contributed by atoms with Crippen LogP contribution in [0.15, 0.2) is 24.3 Å². The summed E-state index contributed by atoms with van der Waals surface area (Å²) in [6.45, 7) is 6.01. The number of nitrogen functional groups attached to an aromatic ring is 2. The highest BCUT2D eigenvalue weighted by Crippen LogP contribution is 2.32. The van der Waals surface area contributed by atoms with Gasteiger partial charge in [-0.2, -0.15) is 5.10 Å². The van der Waals surface area contributed by atoms with E-state index in [1.165, 1.54) is 16.8 Å². The van der Waals surface area contributed by atoms with E-state index in [2.05, 4.69) is 5.10 Å². The number of carbonyl (C=O) groups is 1. The first kappa shape index (κ1) is 13.9. The van der Waals surface area contributed by atoms with Crippen molar-refractivity contribution in [3.8, 4) is 5.69 Å². The van der Waals surface area contributed by atoms with Crippen molar-refractivity contribution in [2.45, 2.75) is 26.2 Å². The Hall–Kier alpha value is -2.50. The van der Waals surface area contributed by atoms with Gasteiger partial charge in [-0.1, -0.05) is 20.8 Å². The second-order valence-corrected chi connectivity index (χ2v) is 5.66. The topological polar surface area (TPSA) is 107 Å². The zero-order valence-corrected chi connectivity index (χ0v) is 11.7. The van der Waals surface area contributed by atoms with Crippen LogP contribution in [0.2, 0.25) is 0 Å². The number of carboxylic acids is 1. The predicted octanol–water partition coefficient (Wildman–Crippen LogP) is 2.03. The van der Waals surface area contributed by atoms with E-state index in [1.807, 2.05) is 20.8 Å². The smallest absolute Gasteiger partial charge is 0.335 e. The van der Waals surface area contributed by atoms with Gasteiger partial charge in [0.15, 0.2) is 5.82 Å². The lowest BCUT2D eigenvalue weighted by Crippen LogP contribution is -2.14. The summed E-state index contributed by atoms with van der Waals surface area (Å²) in [5.41, 5.74) is 13.8. The fourth-order valence-electron chi connectivity index (χ4n) is 1.94. The minimum absolute atomic E-state index is 0.212. The number of aromatic nitrogens is 2. The van der Waals surface area contributed by atoms with E-state index in [0.717, 1.165) is 5.69 Å². The monoisotopic (exact) mass is 274 g/mol. The Bertz CT molecular complexity index is 651. The molecule has 0 saturated heterocycles. The second-order valence-electron chi connectivity index (χ2n) is 5.66.